The van der Waals surface area contributed by atoms with Crippen LogP contribution in [0.25, 0.3) is 0 Å². The molecule has 1 aliphatic heterocycles. The van der Waals surface area contributed by atoms with Gasteiger partial charge in [0.1, 0.15) is 6.54 Å². The Morgan fingerprint density at radius 2 is 1.92 bits per heavy atom. The van der Waals surface area contributed by atoms with Crippen molar-refractivity contribution in [3.63, 3.8) is 0 Å². The first kappa shape index (κ1) is 17.8. The maximum absolute atomic E-state index is 12.5. The van der Waals surface area contributed by atoms with Gasteiger partial charge in [-0.3, -0.25) is 9.69 Å². The molecule has 0 atom stereocenters. The Kier molecular flexibility index (Phi) is 5.30. The largest absolute Gasteiger partial charge is 0.325 e. The van der Waals surface area contributed by atoms with Crippen molar-refractivity contribution < 1.29 is 9.59 Å². The van der Waals surface area contributed by atoms with Crippen LogP contribution in [-0.2, 0) is 4.79 Å². The molecule has 1 aliphatic rings. The third kappa shape index (κ3) is 4.14. The fourth-order valence-electron chi connectivity index (χ4n) is 2.72. The molecule has 1 fully saturated rings. The third-order valence-electron chi connectivity index (χ3n) is 4.03. The summed E-state index contributed by atoms with van der Waals surface area (Å²) in [6.45, 7) is 3.00. The van der Waals surface area contributed by atoms with E-state index in [9.17, 15) is 9.59 Å². The average molecular weight is 423 g/mol. The van der Waals surface area contributed by atoms with Gasteiger partial charge in [0.15, 0.2) is 0 Å². The van der Waals surface area contributed by atoms with E-state index in [1.54, 1.807) is 29.2 Å². The second-order valence-corrected chi connectivity index (χ2v) is 7.19. The van der Waals surface area contributed by atoms with Crippen molar-refractivity contribution in [2.24, 2.45) is 0 Å². The molecule has 5 nitrogen and oxygen atoms in total. The zero-order chi connectivity index (χ0) is 18.0. The Labute approximate surface area is 159 Å². The van der Waals surface area contributed by atoms with E-state index in [2.05, 4.69) is 21.2 Å². The number of anilines is 2. The number of benzene rings is 2. The molecule has 130 valence electrons. The summed E-state index contributed by atoms with van der Waals surface area (Å²) in [5.74, 6) is -0.211. The fourth-order valence-corrected chi connectivity index (χ4v) is 3.32. The molecule has 25 heavy (non-hydrogen) atoms. The van der Waals surface area contributed by atoms with Gasteiger partial charge in [-0.15, -0.1) is 0 Å². The molecule has 0 saturated carbocycles. The van der Waals surface area contributed by atoms with E-state index in [0.29, 0.717) is 18.1 Å². The molecular weight excluding hydrogens is 406 g/mol. The molecule has 1 N–H and O–H groups in total. The van der Waals surface area contributed by atoms with Crippen LogP contribution in [0.5, 0.6) is 0 Å². The number of carbonyl (C=O) groups is 2. The lowest BCUT2D eigenvalue weighted by atomic mass is 10.2. The topological polar surface area (TPSA) is 52.7 Å². The van der Waals surface area contributed by atoms with Crippen LogP contribution in [0.1, 0.15) is 5.56 Å². The summed E-state index contributed by atoms with van der Waals surface area (Å²) < 4.78 is 0.955. The first-order valence-corrected chi connectivity index (χ1v) is 8.99. The highest BCUT2D eigenvalue weighted by molar-refractivity contribution is 9.10. The summed E-state index contributed by atoms with van der Waals surface area (Å²) in [6.07, 6.45) is 0. The van der Waals surface area contributed by atoms with Gasteiger partial charge in [0.2, 0.25) is 5.91 Å². The van der Waals surface area contributed by atoms with Crippen LogP contribution in [0.2, 0.25) is 5.02 Å². The number of urea groups is 1. The lowest BCUT2D eigenvalue weighted by Crippen LogP contribution is -2.37. The summed E-state index contributed by atoms with van der Waals surface area (Å²) >= 11 is 9.28. The molecule has 0 aliphatic carbocycles. The van der Waals surface area contributed by atoms with Crippen LogP contribution < -0.4 is 10.2 Å². The molecule has 1 saturated heterocycles. The fraction of sp³-hybridized carbons (Fsp3) is 0.222. The van der Waals surface area contributed by atoms with E-state index >= 15 is 0 Å². The van der Waals surface area contributed by atoms with E-state index in [-0.39, 0.29) is 18.5 Å². The molecule has 2 aromatic carbocycles. The summed E-state index contributed by atoms with van der Waals surface area (Å²) in [6, 6.07) is 12.5. The summed E-state index contributed by atoms with van der Waals surface area (Å²) in [4.78, 5) is 28.0. The van der Waals surface area contributed by atoms with Crippen molar-refractivity contribution in [3.8, 4) is 0 Å². The van der Waals surface area contributed by atoms with E-state index in [0.717, 1.165) is 21.4 Å². The van der Waals surface area contributed by atoms with E-state index in [1.807, 2.05) is 25.1 Å². The monoisotopic (exact) mass is 421 g/mol. The Morgan fingerprint density at radius 1 is 1.20 bits per heavy atom. The molecule has 7 heteroatoms. The van der Waals surface area contributed by atoms with Crippen LogP contribution >= 0.6 is 27.5 Å². The molecule has 3 rings (SSSR count). The highest BCUT2D eigenvalue weighted by atomic mass is 79.9. The number of rotatable bonds is 4. The van der Waals surface area contributed by atoms with Crippen LogP contribution in [0.3, 0.4) is 0 Å². The molecule has 2 aromatic rings. The van der Waals surface area contributed by atoms with E-state index < -0.39 is 0 Å². The lowest BCUT2D eigenvalue weighted by Gasteiger charge is -2.19. The Morgan fingerprint density at radius 3 is 2.60 bits per heavy atom. The van der Waals surface area contributed by atoms with Gasteiger partial charge in [0, 0.05) is 34.0 Å². The second kappa shape index (κ2) is 7.45. The summed E-state index contributed by atoms with van der Waals surface area (Å²) in [5, 5.41) is 3.48. The lowest BCUT2D eigenvalue weighted by molar-refractivity contribution is -0.116. The standard InChI is InChI=1S/C18H17BrClN3O2/c1-12-10-13(19)2-7-16(12)21-17(24)11-22-8-9-23(18(22)25)15-5-3-14(20)4-6-15/h2-7,10H,8-9,11H2,1H3,(H,21,24). The number of hydrogen-bond donors (Lipinski definition) is 1. The molecule has 0 spiro atoms. The molecule has 0 bridgehead atoms. The number of hydrogen-bond acceptors (Lipinski definition) is 2. The van der Waals surface area contributed by atoms with Crippen LogP contribution in [0.15, 0.2) is 46.9 Å². The predicted octanol–water partition coefficient (Wildman–Crippen LogP) is 4.29. The smallest absolute Gasteiger partial charge is 0.324 e. The van der Waals surface area contributed by atoms with Crippen LogP contribution in [0.4, 0.5) is 16.2 Å². The maximum atomic E-state index is 12.5. The number of nitrogens with one attached hydrogen (secondary N) is 1. The van der Waals surface area contributed by atoms with Gasteiger partial charge in [-0.2, -0.15) is 0 Å². The normalized spacial score (nSPS) is 14.1. The molecule has 0 aromatic heterocycles. The van der Waals surface area contributed by atoms with Crippen molar-refractivity contribution in [3.05, 3.63) is 57.5 Å². The van der Waals surface area contributed by atoms with Gasteiger partial charge < -0.3 is 10.2 Å². The Hall–Kier alpha value is -2.05. The number of nitrogens with zero attached hydrogens (tertiary/aromatic N) is 2. The summed E-state index contributed by atoms with van der Waals surface area (Å²) in [5.41, 5.74) is 2.48. The van der Waals surface area contributed by atoms with Gasteiger partial charge >= 0.3 is 6.03 Å². The number of amides is 3. The molecule has 1 heterocycles. The van der Waals surface area contributed by atoms with Crippen molar-refractivity contribution in [2.45, 2.75) is 6.92 Å². The zero-order valence-corrected chi connectivity index (χ0v) is 16.0. The van der Waals surface area contributed by atoms with Crippen molar-refractivity contribution >= 4 is 50.8 Å². The first-order chi connectivity index (χ1) is 11.9. The molecular formula is C18H17BrClN3O2. The minimum Gasteiger partial charge on any atom is -0.324 e. The molecule has 3 amide bonds. The molecule has 0 radical (unpaired) electrons. The van der Waals surface area contributed by atoms with Crippen molar-refractivity contribution in [2.75, 3.05) is 29.9 Å². The summed E-state index contributed by atoms with van der Waals surface area (Å²) in [7, 11) is 0. The average Bonchev–Trinajstić information content (AvgIpc) is 2.92. The minimum atomic E-state index is -0.211. The van der Waals surface area contributed by atoms with Gasteiger partial charge in [0.25, 0.3) is 0 Å². The van der Waals surface area contributed by atoms with Crippen LogP contribution in [0, 0.1) is 6.92 Å². The molecule has 0 unspecified atom stereocenters. The Bertz CT molecular complexity index is 810. The van der Waals surface area contributed by atoms with Crippen LogP contribution in [-0.4, -0.2) is 36.5 Å². The number of halogens is 2. The highest BCUT2D eigenvalue weighted by Gasteiger charge is 2.30. The van der Waals surface area contributed by atoms with Crippen molar-refractivity contribution in [1.82, 2.24) is 4.90 Å². The van der Waals surface area contributed by atoms with Crippen molar-refractivity contribution in [1.29, 1.82) is 0 Å². The highest BCUT2D eigenvalue weighted by Crippen LogP contribution is 2.23. The quantitative estimate of drug-likeness (QED) is 0.799. The second-order valence-electron chi connectivity index (χ2n) is 5.84. The number of carbonyl (C=O) groups excluding carboxylic acids is 2. The van der Waals surface area contributed by atoms with Gasteiger partial charge in [0.05, 0.1) is 0 Å². The third-order valence-corrected chi connectivity index (χ3v) is 4.78. The minimum absolute atomic E-state index is 0.0262. The van der Waals surface area contributed by atoms with E-state index in [4.69, 9.17) is 11.6 Å². The Balaban J connectivity index is 1.62. The predicted molar refractivity (Wildman–Crippen MR) is 103 cm³/mol. The SMILES string of the molecule is Cc1cc(Br)ccc1NC(=O)CN1CCN(c2ccc(Cl)cc2)C1=O. The van der Waals surface area contributed by atoms with E-state index in [1.165, 1.54) is 4.90 Å². The zero-order valence-electron chi connectivity index (χ0n) is 13.6. The maximum Gasteiger partial charge on any atom is 0.325 e. The van der Waals surface area contributed by atoms with Gasteiger partial charge in [-0.05, 0) is 55.0 Å². The number of aryl methyl sites for hydroxylation is 1. The first-order valence-electron chi connectivity index (χ1n) is 7.82. The van der Waals surface area contributed by atoms with Gasteiger partial charge in [-0.25, -0.2) is 4.79 Å². The van der Waals surface area contributed by atoms with Gasteiger partial charge in [-0.1, -0.05) is 27.5 Å².